The van der Waals surface area contributed by atoms with E-state index in [-0.39, 0.29) is 17.0 Å². The Kier molecular flexibility index (Phi) is 5.13. The van der Waals surface area contributed by atoms with Crippen LogP contribution in [0.5, 0.6) is 0 Å². The average molecular weight is 271 g/mol. The molecule has 1 atom stereocenters. The second-order valence-electron chi connectivity index (χ2n) is 4.55. The van der Waals surface area contributed by atoms with Gasteiger partial charge in [0.25, 0.3) is 0 Å². The molecule has 0 aromatic heterocycles. The van der Waals surface area contributed by atoms with Crippen molar-refractivity contribution in [1.29, 1.82) is 0 Å². The molecule has 0 aliphatic rings. The van der Waals surface area contributed by atoms with E-state index in [0.717, 1.165) is 0 Å². The van der Waals surface area contributed by atoms with Gasteiger partial charge in [-0.3, -0.25) is 0 Å². The van der Waals surface area contributed by atoms with Crippen LogP contribution < -0.4 is 15.8 Å². The molecular weight excluding hydrogens is 250 g/mol. The van der Waals surface area contributed by atoms with Crippen LogP contribution in [0.25, 0.3) is 0 Å². The van der Waals surface area contributed by atoms with Crippen molar-refractivity contribution in [1.82, 2.24) is 4.72 Å². The van der Waals surface area contributed by atoms with Crippen LogP contribution in [0.2, 0.25) is 0 Å². The normalized spacial score (nSPS) is 13.6. The summed E-state index contributed by atoms with van der Waals surface area (Å²) < 4.78 is 26.9. The van der Waals surface area contributed by atoms with Crippen molar-refractivity contribution in [2.45, 2.75) is 37.8 Å². The molecule has 6 heteroatoms. The molecule has 0 aliphatic heterocycles. The van der Waals surface area contributed by atoms with Gasteiger partial charge < -0.3 is 11.1 Å². The van der Waals surface area contributed by atoms with Crippen molar-refractivity contribution in [2.24, 2.45) is 5.73 Å². The topological polar surface area (TPSA) is 84.2 Å². The highest BCUT2D eigenvalue weighted by Crippen LogP contribution is 2.21. The van der Waals surface area contributed by atoms with Crippen molar-refractivity contribution in [3.05, 3.63) is 24.3 Å². The summed E-state index contributed by atoms with van der Waals surface area (Å²) in [5.74, 6) is 0. The lowest BCUT2D eigenvalue weighted by atomic mass is 10.2. The molecule has 102 valence electrons. The van der Waals surface area contributed by atoms with Gasteiger partial charge in [-0.05, 0) is 32.9 Å². The van der Waals surface area contributed by atoms with E-state index in [4.69, 9.17) is 5.73 Å². The molecular formula is C12H21N3O2S. The van der Waals surface area contributed by atoms with Crippen LogP contribution in [0.1, 0.15) is 20.8 Å². The van der Waals surface area contributed by atoms with Crippen molar-refractivity contribution in [2.75, 3.05) is 11.9 Å². The highest BCUT2D eigenvalue weighted by Gasteiger charge is 2.19. The smallest absolute Gasteiger partial charge is 0.242 e. The quantitative estimate of drug-likeness (QED) is 0.724. The molecule has 0 heterocycles. The van der Waals surface area contributed by atoms with E-state index >= 15 is 0 Å². The highest BCUT2D eigenvalue weighted by atomic mass is 32.2. The summed E-state index contributed by atoms with van der Waals surface area (Å²) in [6.07, 6.45) is 0. The predicted octanol–water partition coefficient (Wildman–Crippen LogP) is 1.13. The van der Waals surface area contributed by atoms with Crippen LogP contribution in [0, 0.1) is 0 Å². The zero-order valence-corrected chi connectivity index (χ0v) is 11.8. The van der Waals surface area contributed by atoms with Gasteiger partial charge in [0, 0.05) is 18.6 Å². The van der Waals surface area contributed by atoms with E-state index < -0.39 is 10.0 Å². The molecule has 4 N–H and O–H groups in total. The Labute approximate surface area is 109 Å². The van der Waals surface area contributed by atoms with E-state index in [2.05, 4.69) is 10.0 Å². The number of anilines is 1. The minimum atomic E-state index is -3.50. The molecule has 0 bridgehead atoms. The molecule has 1 unspecified atom stereocenters. The highest BCUT2D eigenvalue weighted by molar-refractivity contribution is 7.89. The molecule has 0 saturated heterocycles. The van der Waals surface area contributed by atoms with Crippen LogP contribution in [0.15, 0.2) is 29.2 Å². The lowest BCUT2D eigenvalue weighted by Gasteiger charge is -2.17. The fourth-order valence-electron chi connectivity index (χ4n) is 1.52. The fourth-order valence-corrected chi connectivity index (χ4v) is 2.94. The number of rotatable bonds is 6. The summed E-state index contributed by atoms with van der Waals surface area (Å²) in [6.45, 7) is 5.91. The van der Waals surface area contributed by atoms with E-state index in [1.807, 2.05) is 6.92 Å². The first kappa shape index (κ1) is 14.9. The third kappa shape index (κ3) is 3.97. The largest absolute Gasteiger partial charge is 0.380 e. The maximum atomic E-state index is 12.2. The molecule has 0 spiro atoms. The zero-order chi connectivity index (χ0) is 13.8. The van der Waals surface area contributed by atoms with E-state index in [1.54, 1.807) is 38.1 Å². The molecule has 5 nitrogen and oxygen atoms in total. The Hall–Kier alpha value is -1.11. The van der Waals surface area contributed by atoms with Gasteiger partial charge >= 0.3 is 0 Å². The maximum Gasteiger partial charge on any atom is 0.242 e. The summed E-state index contributed by atoms with van der Waals surface area (Å²) >= 11 is 0. The average Bonchev–Trinajstić information content (AvgIpc) is 2.27. The second kappa shape index (κ2) is 6.17. The monoisotopic (exact) mass is 271 g/mol. The summed E-state index contributed by atoms with van der Waals surface area (Å²) in [5.41, 5.74) is 6.10. The van der Waals surface area contributed by atoms with Gasteiger partial charge in [-0.25, -0.2) is 13.1 Å². The van der Waals surface area contributed by atoms with Crippen molar-refractivity contribution in [3.8, 4) is 0 Å². The third-order valence-electron chi connectivity index (χ3n) is 2.32. The first-order chi connectivity index (χ1) is 8.36. The van der Waals surface area contributed by atoms with Gasteiger partial charge in [-0.2, -0.15) is 0 Å². The number of benzene rings is 1. The third-order valence-corrected chi connectivity index (χ3v) is 4.04. The molecule has 0 fully saturated rings. The molecule has 1 aromatic carbocycles. The number of nitrogens with one attached hydrogen (secondary N) is 2. The lowest BCUT2D eigenvalue weighted by molar-refractivity contribution is 0.570. The minimum absolute atomic E-state index is 0.0143. The van der Waals surface area contributed by atoms with Crippen LogP contribution in [0.3, 0.4) is 0 Å². The van der Waals surface area contributed by atoms with Crippen LogP contribution in [-0.2, 0) is 10.0 Å². The molecule has 0 amide bonds. The standard InChI is InChI=1S/C12H21N3O2S/c1-9(2)15-18(16,17)12-7-5-4-6-11(12)14-10(3)8-13/h4-7,9-10,14-15H,8,13H2,1-3H3. The Morgan fingerprint density at radius 3 is 2.39 bits per heavy atom. The van der Waals surface area contributed by atoms with Gasteiger partial charge in [-0.15, -0.1) is 0 Å². The van der Waals surface area contributed by atoms with Crippen molar-refractivity contribution in [3.63, 3.8) is 0 Å². The minimum Gasteiger partial charge on any atom is -0.380 e. The number of hydrogen-bond acceptors (Lipinski definition) is 4. The molecule has 0 aliphatic carbocycles. The molecule has 0 saturated carbocycles. The molecule has 18 heavy (non-hydrogen) atoms. The van der Waals surface area contributed by atoms with E-state index in [1.165, 1.54) is 0 Å². The van der Waals surface area contributed by atoms with E-state index in [0.29, 0.717) is 12.2 Å². The van der Waals surface area contributed by atoms with Crippen LogP contribution in [0.4, 0.5) is 5.69 Å². The SMILES string of the molecule is CC(C)NS(=O)(=O)c1ccccc1NC(C)CN. The Bertz CT molecular complexity index is 486. The van der Waals surface area contributed by atoms with Crippen LogP contribution in [-0.4, -0.2) is 27.0 Å². The Balaban J connectivity index is 3.09. The van der Waals surface area contributed by atoms with Gasteiger partial charge in [0.15, 0.2) is 0 Å². The number of nitrogens with two attached hydrogens (primary N) is 1. The first-order valence-corrected chi connectivity index (χ1v) is 7.43. The molecule has 0 radical (unpaired) electrons. The molecule has 1 rings (SSSR count). The first-order valence-electron chi connectivity index (χ1n) is 5.94. The number of hydrogen-bond donors (Lipinski definition) is 3. The Morgan fingerprint density at radius 1 is 1.22 bits per heavy atom. The van der Waals surface area contributed by atoms with Gasteiger partial charge in [0.1, 0.15) is 4.90 Å². The summed E-state index contributed by atoms with van der Waals surface area (Å²) in [4.78, 5) is 0.249. The summed E-state index contributed by atoms with van der Waals surface area (Å²) in [6, 6.07) is 6.68. The van der Waals surface area contributed by atoms with Gasteiger partial charge in [0.2, 0.25) is 10.0 Å². The predicted molar refractivity (Wildman–Crippen MR) is 74.0 cm³/mol. The van der Waals surface area contributed by atoms with Crippen molar-refractivity contribution >= 4 is 15.7 Å². The zero-order valence-electron chi connectivity index (χ0n) is 11.0. The summed E-state index contributed by atoms with van der Waals surface area (Å²) in [5, 5.41) is 3.10. The second-order valence-corrected chi connectivity index (χ2v) is 6.24. The van der Waals surface area contributed by atoms with Crippen LogP contribution >= 0.6 is 0 Å². The molecule has 1 aromatic rings. The summed E-state index contributed by atoms with van der Waals surface area (Å²) in [7, 11) is -3.50. The van der Waals surface area contributed by atoms with E-state index in [9.17, 15) is 8.42 Å². The van der Waals surface area contributed by atoms with Gasteiger partial charge in [-0.1, -0.05) is 12.1 Å². The van der Waals surface area contributed by atoms with Crippen molar-refractivity contribution < 1.29 is 8.42 Å². The number of sulfonamides is 1. The fraction of sp³-hybridized carbons (Fsp3) is 0.500. The Morgan fingerprint density at radius 2 is 1.83 bits per heavy atom. The lowest BCUT2D eigenvalue weighted by Crippen LogP contribution is -2.32. The van der Waals surface area contributed by atoms with Gasteiger partial charge in [0.05, 0.1) is 5.69 Å². The maximum absolute atomic E-state index is 12.2. The number of para-hydroxylation sites is 1.